The third-order valence-corrected chi connectivity index (χ3v) is 6.31. The third-order valence-electron chi connectivity index (χ3n) is 6.31. The quantitative estimate of drug-likeness (QED) is 0.454. The van der Waals surface area contributed by atoms with Gasteiger partial charge in [0.1, 0.15) is 11.9 Å². The minimum absolute atomic E-state index is 0.163. The maximum atomic E-state index is 12.6. The van der Waals surface area contributed by atoms with Crippen LogP contribution in [0.1, 0.15) is 49.4 Å². The van der Waals surface area contributed by atoms with Crippen LogP contribution in [-0.4, -0.2) is 66.9 Å². The highest BCUT2D eigenvalue weighted by Gasteiger charge is 2.27. The number of carbonyl (C=O) groups is 2. The number of carbonyl (C=O) groups excluding carboxylic acids is 2. The molecule has 1 aliphatic rings. The molecule has 0 radical (unpaired) electrons. The number of hydrogen-bond acceptors (Lipinski definition) is 5. The topological polar surface area (TPSA) is 77.6 Å². The fourth-order valence-corrected chi connectivity index (χ4v) is 3.86. The Morgan fingerprint density at radius 2 is 1.94 bits per heavy atom. The summed E-state index contributed by atoms with van der Waals surface area (Å²) in [5.41, 5.74) is 4.68. The molecular formula is C28H39N5O2. The van der Waals surface area contributed by atoms with Crippen LogP contribution >= 0.6 is 0 Å². The molecule has 1 aromatic carbocycles. The van der Waals surface area contributed by atoms with Crippen molar-refractivity contribution in [3.8, 4) is 0 Å². The average Bonchev–Trinajstić information content (AvgIpc) is 3.68. The summed E-state index contributed by atoms with van der Waals surface area (Å²) in [5.74, 6) is 1.14. The van der Waals surface area contributed by atoms with E-state index in [0.29, 0.717) is 25.4 Å². The van der Waals surface area contributed by atoms with E-state index in [-0.39, 0.29) is 11.8 Å². The molecule has 188 valence electrons. The summed E-state index contributed by atoms with van der Waals surface area (Å²) in [4.78, 5) is 33.1. The standard InChI is InChI=1S/C28H39N5O2/c1-6-22-14-15-25(31-27(22)23-12-13-23)30-24-10-7-9-21(19-24)16-17-29-28(35)20(2)33(5)26(34)11-8-18-32(3)4/h7-11,14-15,19-20,23H,6,12-13,16-18H2,1-5H3,(H,29,35)(H,30,31)/b11-8+/t20-/m0/s1. The first kappa shape index (κ1) is 26.4. The molecule has 1 atom stereocenters. The molecule has 1 fully saturated rings. The summed E-state index contributed by atoms with van der Waals surface area (Å²) >= 11 is 0. The van der Waals surface area contributed by atoms with Gasteiger partial charge >= 0.3 is 0 Å². The van der Waals surface area contributed by atoms with E-state index < -0.39 is 6.04 Å². The molecule has 1 saturated carbocycles. The molecule has 1 aromatic heterocycles. The van der Waals surface area contributed by atoms with Crippen molar-refractivity contribution < 1.29 is 9.59 Å². The third kappa shape index (κ3) is 7.92. The zero-order chi connectivity index (χ0) is 25.4. The molecule has 2 amide bonds. The molecule has 0 bridgehead atoms. The van der Waals surface area contributed by atoms with Crippen LogP contribution in [0.5, 0.6) is 0 Å². The van der Waals surface area contributed by atoms with E-state index in [9.17, 15) is 9.59 Å². The molecule has 0 unspecified atom stereocenters. The fourth-order valence-electron chi connectivity index (χ4n) is 3.86. The van der Waals surface area contributed by atoms with Crippen LogP contribution in [-0.2, 0) is 22.4 Å². The number of aromatic nitrogens is 1. The van der Waals surface area contributed by atoms with Gasteiger partial charge in [0.05, 0.1) is 0 Å². The Labute approximate surface area is 209 Å². The Hall–Kier alpha value is -3.19. The minimum atomic E-state index is -0.544. The Bertz CT molecular complexity index is 1050. The minimum Gasteiger partial charge on any atom is -0.354 e. The first-order chi connectivity index (χ1) is 16.8. The number of anilines is 2. The largest absolute Gasteiger partial charge is 0.354 e. The van der Waals surface area contributed by atoms with Gasteiger partial charge in [0.25, 0.3) is 0 Å². The molecule has 0 saturated heterocycles. The monoisotopic (exact) mass is 477 g/mol. The number of aryl methyl sites for hydroxylation is 1. The van der Waals surface area contributed by atoms with E-state index in [1.807, 2.05) is 37.2 Å². The molecular weight excluding hydrogens is 438 g/mol. The first-order valence-corrected chi connectivity index (χ1v) is 12.5. The molecule has 1 heterocycles. The van der Waals surface area contributed by atoms with Gasteiger partial charge in [-0.15, -0.1) is 0 Å². The average molecular weight is 478 g/mol. The van der Waals surface area contributed by atoms with Crippen molar-refractivity contribution in [1.82, 2.24) is 20.1 Å². The Morgan fingerprint density at radius 3 is 2.63 bits per heavy atom. The number of amides is 2. The van der Waals surface area contributed by atoms with Crippen LogP contribution in [0.2, 0.25) is 0 Å². The SMILES string of the molecule is CCc1ccc(Nc2cccc(CCNC(=O)[C@H](C)N(C)C(=O)/C=C/CN(C)C)c2)nc1C1CC1. The van der Waals surface area contributed by atoms with E-state index in [0.717, 1.165) is 23.5 Å². The molecule has 7 nitrogen and oxygen atoms in total. The fraction of sp³-hybridized carbons (Fsp3) is 0.464. The van der Waals surface area contributed by atoms with E-state index in [4.69, 9.17) is 4.98 Å². The number of pyridine rings is 1. The van der Waals surface area contributed by atoms with E-state index in [1.54, 1.807) is 20.0 Å². The van der Waals surface area contributed by atoms with Crippen molar-refractivity contribution >= 4 is 23.3 Å². The highest BCUT2D eigenvalue weighted by molar-refractivity contribution is 5.92. The summed E-state index contributed by atoms with van der Waals surface area (Å²) in [7, 11) is 5.52. The van der Waals surface area contributed by atoms with E-state index >= 15 is 0 Å². The van der Waals surface area contributed by atoms with Crippen LogP contribution in [0.15, 0.2) is 48.6 Å². The second kappa shape index (κ2) is 12.5. The van der Waals surface area contributed by atoms with Crippen LogP contribution in [0.25, 0.3) is 0 Å². The first-order valence-electron chi connectivity index (χ1n) is 12.5. The number of nitrogens with one attached hydrogen (secondary N) is 2. The van der Waals surface area contributed by atoms with Gasteiger partial charge in [0, 0.05) is 43.5 Å². The lowest BCUT2D eigenvalue weighted by atomic mass is 10.1. The Kier molecular flexibility index (Phi) is 9.43. The summed E-state index contributed by atoms with van der Waals surface area (Å²) in [5, 5.41) is 6.39. The summed E-state index contributed by atoms with van der Waals surface area (Å²) in [6.45, 7) is 5.10. The van der Waals surface area contributed by atoms with Gasteiger partial charge in [0.2, 0.25) is 11.8 Å². The van der Waals surface area contributed by atoms with Crippen LogP contribution < -0.4 is 10.6 Å². The van der Waals surface area contributed by atoms with Gasteiger partial charge < -0.3 is 20.4 Å². The predicted octanol–water partition coefficient (Wildman–Crippen LogP) is 3.89. The molecule has 2 N–H and O–H groups in total. The highest BCUT2D eigenvalue weighted by atomic mass is 16.2. The molecule has 2 aromatic rings. The van der Waals surface area contributed by atoms with E-state index in [1.165, 1.54) is 35.1 Å². The number of rotatable bonds is 12. The number of likely N-dealkylation sites (N-methyl/N-ethyl adjacent to an activating group) is 2. The molecule has 0 spiro atoms. The van der Waals surface area contributed by atoms with Crippen molar-refractivity contribution in [3.63, 3.8) is 0 Å². The van der Waals surface area contributed by atoms with Crippen molar-refractivity contribution in [1.29, 1.82) is 0 Å². The molecule has 3 rings (SSSR count). The lowest BCUT2D eigenvalue weighted by molar-refractivity contribution is -0.135. The Balaban J connectivity index is 1.50. The Morgan fingerprint density at radius 1 is 1.17 bits per heavy atom. The van der Waals surface area contributed by atoms with Gasteiger partial charge in [-0.3, -0.25) is 9.59 Å². The maximum absolute atomic E-state index is 12.6. The normalized spacial score (nSPS) is 14.2. The zero-order valence-corrected chi connectivity index (χ0v) is 21.7. The lowest BCUT2D eigenvalue weighted by Crippen LogP contribution is -2.45. The van der Waals surface area contributed by atoms with Crippen molar-refractivity contribution in [2.24, 2.45) is 0 Å². The molecule has 0 aliphatic heterocycles. The van der Waals surface area contributed by atoms with Crippen LogP contribution in [0.4, 0.5) is 11.5 Å². The number of hydrogen-bond donors (Lipinski definition) is 2. The second-order valence-corrected chi connectivity index (χ2v) is 9.52. The second-order valence-electron chi connectivity index (χ2n) is 9.52. The molecule has 7 heteroatoms. The molecule has 35 heavy (non-hydrogen) atoms. The van der Waals surface area contributed by atoms with Crippen LogP contribution in [0.3, 0.4) is 0 Å². The van der Waals surface area contributed by atoms with E-state index in [2.05, 4.69) is 35.8 Å². The van der Waals surface area contributed by atoms with Gasteiger partial charge in [-0.05, 0) is 76.0 Å². The maximum Gasteiger partial charge on any atom is 0.246 e. The number of benzene rings is 1. The van der Waals surface area contributed by atoms with Crippen molar-refractivity contribution in [2.45, 2.75) is 51.5 Å². The van der Waals surface area contributed by atoms with Gasteiger partial charge in [-0.25, -0.2) is 4.98 Å². The predicted molar refractivity (Wildman–Crippen MR) is 142 cm³/mol. The van der Waals surface area contributed by atoms with Crippen molar-refractivity contribution in [2.75, 3.05) is 39.5 Å². The zero-order valence-electron chi connectivity index (χ0n) is 21.7. The molecule has 1 aliphatic carbocycles. The van der Waals surface area contributed by atoms with Gasteiger partial charge in [0.15, 0.2) is 0 Å². The summed E-state index contributed by atoms with van der Waals surface area (Å²) in [6.07, 6.45) is 7.49. The highest BCUT2D eigenvalue weighted by Crippen LogP contribution is 2.41. The van der Waals surface area contributed by atoms with Gasteiger partial charge in [-0.2, -0.15) is 0 Å². The smallest absolute Gasteiger partial charge is 0.246 e. The lowest BCUT2D eigenvalue weighted by Gasteiger charge is -2.23. The van der Waals surface area contributed by atoms with Gasteiger partial charge in [-0.1, -0.05) is 31.2 Å². The number of nitrogens with zero attached hydrogens (tertiary/aromatic N) is 3. The van der Waals surface area contributed by atoms with Crippen molar-refractivity contribution in [3.05, 3.63) is 65.4 Å². The van der Waals surface area contributed by atoms with Crippen LogP contribution in [0, 0.1) is 0 Å². The summed E-state index contributed by atoms with van der Waals surface area (Å²) in [6, 6.07) is 11.9. The summed E-state index contributed by atoms with van der Waals surface area (Å²) < 4.78 is 0.